The van der Waals surface area contributed by atoms with Gasteiger partial charge in [0, 0.05) is 0 Å². The Bertz CT molecular complexity index is 1570. The second kappa shape index (κ2) is 8.32. The lowest BCUT2D eigenvalue weighted by atomic mass is 10.2. The molecule has 0 fully saturated rings. The van der Waals surface area contributed by atoms with Crippen molar-refractivity contribution in [3.8, 4) is 11.5 Å². The molecule has 0 amide bonds. The number of rotatable bonds is 5. The first-order valence-corrected chi connectivity index (χ1v) is 11.5. The molecule has 0 radical (unpaired) electrons. The lowest BCUT2D eigenvalue weighted by Gasteiger charge is -2.09. The van der Waals surface area contributed by atoms with Crippen LogP contribution in [0.15, 0.2) is 79.6 Å². The molecule has 0 bridgehead atoms. The molecule has 8 nitrogen and oxygen atoms in total. The minimum atomic E-state index is 0.607. The van der Waals surface area contributed by atoms with E-state index in [-0.39, 0.29) is 0 Å². The minimum absolute atomic E-state index is 0.607. The molecule has 0 spiro atoms. The van der Waals surface area contributed by atoms with Crippen molar-refractivity contribution < 1.29 is 0 Å². The number of nitrogens with zero attached hydrogens (tertiary/aromatic N) is 8. The van der Waals surface area contributed by atoms with Gasteiger partial charge >= 0.3 is 0 Å². The molecule has 160 valence electrons. The highest BCUT2D eigenvalue weighted by Gasteiger charge is 2.21. The fraction of sp³-hybridized carbons (Fsp3) is 0.0833. The summed E-state index contributed by atoms with van der Waals surface area (Å²) in [4.78, 5) is 27.6. The Morgan fingerprint density at radius 1 is 0.667 bits per heavy atom. The first kappa shape index (κ1) is 19.9. The number of hydrogen-bond donors (Lipinski definition) is 0. The van der Waals surface area contributed by atoms with E-state index < -0.39 is 0 Å². The second-order valence-corrected chi connectivity index (χ2v) is 8.62. The number of hydrogen-bond acceptors (Lipinski definition) is 6. The summed E-state index contributed by atoms with van der Waals surface area (Å²) >= 11 is 2.19. The molecular weight excluding hydrogens is 527 g/mol. The van der Waals surface area contributed by atoms with Crippen molar-refractivity contribution in [2.45, 2.75) is 13.1 Å². The second-order valence-electron chi connectivity index (χ2n) is 7.60. The molecule has 6 rings (SSSR count). The summed E-state index contributed by atoms with van der Waals surface area (Å²) in [6, 6.07) is 20.5. The topological polar surface area (TPSA) is 87.2 Å². The van der Waals surface area contributed by atoms with E-state index in [1.165, 1.54) is 5.56 Å². The van der Waals surface area contributed by atoms with Crippen LogP contribution in [0.1, 0.15) is 11.1 Å². The van der Waals surface area contributed by atoms with E-state index in [0.717, 1.165) is 26.1 Å². The van der Waals surface area contributed by atoms with Gasteiger partial charge in [-0.2, -0.15) is 0 Å². The van der Waals surface area contributed by atoms with Gasteiger partial charge in [0.25, 0.3) is 0 Å². The van der Waals surface area contributed by atoms with Crippen molar-refractivity contribution in [3.05, 3.63) is 94.5 Å². The van der Waals surface area contributed by atoms with E-state index in [0.29, 0.717) is 30.1 Å². The summed E-state index contributed by atoms with van der Waals surface area (Å²) in [5, 5.41) is 0. The smallest absolute Gasteiger partial charge is 0.165 e. The normalized spacial score (nSPS) is 11.4. The van der Waals surface area contributed by atoms with E-state index in [2.05, 4.69) is 76.3 Å². The van der Waals surface area contributed by atoms with Gasteiger partial charge in [-0.3, -0.25) is 0 Å². The molecular formula is C24H17IN8. The Morgan fingerprint density at radius 3 is 2.09 bits per heavy atom. The number of imidazole rings is 2. The average Bonchev–Trinajstić information content (AvgIpc) is 3.43. The predicted octanol–water partition coefficient (Wildman–Crippen LogP) is 4.33. The molecule has 0 N–H and O–H groups in total. The lowest BCUT2D eigenvalue weighted by Crippen LogP contribution is -2.05. The SMILES string of the molecule is Ic1ncnc2c1nc(-c1ncnc3c1ncn3Cc1ccccc1)n2Cc1ccccc1. The molecule has 4 aromatic heterocycles. The van der Waals surface area contributed by atoms with Crippen LogP contribution >= 0.6 is 22.6 Å². The highest BCUT2D eigenvalue weighted by atomic mass is 127. The first-order chi connectivity index (χ1) is 16.3. The third kappa shape index (κ3) is 3.63. The Kier molecular flexibility index (Phi) is 5.02. The standard InChI is InChI=1S/C24H17IN8/c25-21-20-23(29-14-27-21)33(12-17-9-5-2-6-10-17)24(31-20)19-18-22(28-13-26-19)32(15-30-18)11-16-7-3-1-4-8-16/h1-10,13-15H,11-12H2. The van der Waals surface area contributed by atoms with Gasteiger partial charge in [0.1, 0.15) is 33.1 Å². The summed E-state index contributed by atoms with van der Waals surface area (Å²) in [7, 11) is 0. The molecule has 6 aromatic rings. The molecule has 0 aliphatic rings. The van der Waals surface area contributed by atoms with Crippen LogP contribution < -0.4 is 0 Å². The van der Waals surface area contributed by atoms with Gasteiger partial charge in [-0.1, -0.05) is 60.7 Å². The summed E-state index contributed by atoms with van der Waals surface area (Å²) < 4.78 is 4.90. The van der Waals surface area contributed by atoms with Crippen molar-refractivity contribution in [1.29, 1.82) is 0 Å². The van der Waals surface area contributed by atoms with E-state index in [9.17, 15) is 0 Å². The minimum Gasteiger partial charge on any atom is -0.311 e. The zero-order chi connectivity index (χ0) is 22.2. The molecule has 0 saturated heterocycles. The Labute approximate surface area is 202 Å². The van der Waals surface area contributed by atoms with Crippen LogP contribution in [0.3, 0.4) is 0 Å². The van der Waals surface area contributed by atoms with Crippen molar-refractivity contribution in [1.82, 2.24) is 39.0 Å². The fourth-order valence-electron chi connectivity index (χ4n) is 3.95. The van der Waals surface area contributed by atoms with E-state index in [4.69, 9.17) is 4.98 Å². The largest absolute Gasteiger partial charge is 0.311 e. The van der Waals surface area contributed by atoms with Crippen LogP contribution in [0.5, 0.6) is 0 Å². The highest BCUT2D eigenvalue weighted by molar-refractivity contribution is 14.1. The van der Waals surface area contributed by atoms with Gasteiger partial charge in [-0.25, -0.2) is 29.9 Å². The zero-order valence-corrected chi connectivity index (χ0v) is 19.5. The quantitative estimate of drug-likeness (QED) is 0.237. The number of aromatic nitrogens is 8. The van der Waals surface area contributed by atoms with Crippen LogP contribution in [0.4, 0.5) is 0 Å². The maximum atomic E-state index is 4.91. The monoisotopic (exact) mass is 544 g/mol. The molecule has 2 aromatic carbocycles. The molecule has 0 atom stereocenters. The third-order valence-corrected chi connectivity index (χ3v) is 6.27. The van der Waals surface area contributed by atoms with Gasteiger partial charge < -0.3 is 9.13 Å². The van der Waals surface area contributed by atoms with Crippen LogP contribution in [0, 0.1) is 3.70 Å². The van der Waals surface area contributed by atoms with Gasteiger partial charge in [0.2, 0.25) is 0 Å². The fourth-order valence-corrected chi connectivity index (χ4v) is 4.43. The molecule has 4 heterocycles. The number of halogens is 1. The Balaban J connectivity index is 1.52. The zero-order valence-electron chi connectivity index (χ0n) is 17.4. The van der Waals surface area contributed by atoms with Gasteiger partial charge in [0.05, 0.1) is 19.4 Å². The summed E-state index contributed by atoms with van der Waals surface area (Å²) in [6.07, 6.45) is 4.95. The Morgan fingerprint density at radius 2 is 1.33 bits per heavy atom. The average molecular weight is 544 g/mol. The van der Waals surface area contributed by atoms with Crippen LogP contribution in [0.25, 0.3) is 33.8 Å². The Hall–Kier alpha value is -3.73. The number of benzene rings is 2. The molecule has 33 heavy (non-hydrogen) atoms. The first-order valence-electron chi connectivity index (χ1n) is 10.4. The van der Waals surface area contributed by atoms with E-state index in [1.54, 1.807) is 12.7 Å². The molecule has 0 unspecified atom stereocenters. The highest BCUT2D eigenvalue weighted by Crippen LogP contribution is 2.29. The summed E-state index contributed by atoms with van der Waals surface area (Å²) in [5.74, 6) is 0.699. The van der Waals surface area contributed by atoms with Crippen molar-refractivity contribution >= 4 is 44.9 Å². The maximum absolute atomic E-state index is 4.91. The van der Waals surface area contributed by atoms with Crippen molar-refractivity contribution in [2.75, 3.05) is 0 Å². The van der Waals surface area contributed by atoms with Gasteiger partial charge in [-0.15, -0.1) is 0 Å². The lowest BCUT2D eigenvalue weighted by molar-refractivity contribution is 0.811. The van der Waals surface area contributed by atoms with Gasteiger partial charge in [0.15, 0.2) is 17.1 Å². The van der Waals surface area contributed by atoms with Crippen LogP contribution in [-0.2, 0) is 13.1 Å². The van der Waals surface area contributed by atoms with E-state index >= 15 is 0 Å². The molecule has 0 aliphatic heterocycles. The maximum Gasteiger partial charge on any atom is 0.165 e. The number of fused-ring (bicyclic) bond motifs is 2. The third-order valence-electron chi connectivity index (χ3n) is 5.48. The summed E-state index contributed by atoms with van der Waals surface area (Å²) in [6.45, 7) is 1.29. The molecule has 9 heteroatoms. The van der Waals surface area contributed by atoms with Crippen LogP contribution in [-0.4, -0.2) is 39.0 Å². The summed E-state index contributed by atoms with van der Waals surface area (Å²) in [5.41, 5.74) is 5.99. The predicted molar refractivity (Wildman–Crippen MR) is 133 cm³/mol. The van der Waals surface area contributed by atoms with Crippen molar-refractivity contribution in [3.63, 3.8) is 0 Å². The molecule has 0 aliphatic carbocycles. The molecule has 0 saturated carbocycles. The van der Waals surface area contributed by atoms with Crippen LogP contribution in [0.2, 0.25) is 0 Å². The van der Waals surface area contributed by atoms with E-state index in [1.807, 2.05) is 47.3 Å². The van der Waals surface area contributed by atoms with Crippen molar-refractivity contribution in [2.24, 2.45) is 0 Å². The van der Waals surface area contributed by atoms with Gasteiger partial charge in [-0.05, 0) is 33.7 Å².